The van der Waals surface area contributed by atoms with Crippen LogP contribution in [0.2, 0.25) is 0 Å². The molecule has 0 aromatic rings. The van der Waals surface area contributed by atoms with E-state index in [0.717, 1.165) is 37.2 Å². The number of nitrogens with one attached hydrogen (secondary N) is 5. The van der Waals surface area contributed by atoms with E-state index in [2.05, 4.69) is 68.1 Å². The van der Waals surface area contributed by atoms with Gasteiger partial charge in [-0.25, -0.2) is 0 Å². The van der Waals surface area contributed by atoms with E-state index in [1.54, 1.807) is 23.5 Å². The molecule has 0 radical (unpaired) electrons. The number of unbranched alkanes of at least 4 members (excludes halogenated alkanes) is 6. The van der Waals surface area contributed by atoms with Crippen LogP contribution in [0.25, 0.3) is 0 Å². The summed E-state index contributed by atoms with van der Waals surface area (Å²) < 4.78 is 65.7. The van der Waals surface area contributed by atoms with E-state index in [9.17, 15) is 52.7 Å². The molecule has 30 nitrogen and oxygen atoms in total. The number of likely N-dealkylation sites (tertiary alicyclic amines) is 2. The van der Waals surface area contributed by atoms with Crippen molar-refractivity contribution >= 4 is 88.3 Å². The van der Waals surface area contributed by atoms with Gasteiger partial charge in [-0.15, -0.1) is 23.5 Å². The minimum absolute atomic E-state index is 0.00519. The Hall–Kier alpha value is -4.81. The van der Waals surface area contributed by atoms with Crippen LogP contribution in [0.4, 0.5) is 0 Å². The maximum Gasteiger partial charge on any atom is 0.242 e. The summed E-state index contributed by atoms with van der Waals surface area (Å²) >= 11 is 3.13. The number of amides is 9. The summed E-state index contributed by atoms with van der Waals surface area (Å²) in [6, 6.07) is 0. The number of hydrogen-bond donors (Lipinski definition) is 5. The number of carbonyl (C=O) groups excluding carboxylic acids is 11. The minimum Gasteiger partial charge on any atom is -0.379 e. The number of Topliss-reactive ketones (excluding diaryl/α,β-unsaturated/α-hetero) is 2. The van der Waals surface area contributed by atoms with Gasteiger partial charge in [0.2, 0.25) is 53.2 Å². The normalized spacial score (nSPS) is 14.6. The Morgan fingerprint density at radius 2 is 0.556 bits per heavy atom. The van der Waals surface area contributed by atoms with Crippen LogP contribution in [-0.4, -0.2) is 301 Å². The third kappa shape index (κ3) is 70.4. The van der Waals surface area contributed by atoms with Crippen LogP contribution in [0, 0.1) is 21.7 Å². The predicted molar refractivity (Wildman–Crippen MR) is 455 cm³/mol. The number of ketones is 2. The number of ether oxygens (including phenoxy) is 12. The molecule has 2 heterocycles. The first-order valence-corrected chi connectivity index (χ1v) is 45.1. The molecule has 0 bridgehead atoms. The van der Waals surface area contributed by atoms with Crippen molar-refractivity contribution in [3.05, 3.63) is 0 Å². The van der Waals surface area contributed by atoms with Gasteiger partial charge in [0, 0.05) is 116 Å². The van der Waals surface area contributed by atoms with Gasteiger partial charge in [0.1, 0.15) is 11.6 Å². The lowest BCUT2D eigenvalue weighted by Crippen LogP contribution is -2.36. The first-order chi connectivity index (χ1) is 55.7. The van der Waals surface area contributed by atoms with Gasteiger partial charge in [-0.3, -0.25) is 62.5 Å². The molecule has 0 spiro atoms. The number of rotatable bonds is 75. The van der Waals surface area contributed by atoms with Crippen LogP contribution in [0.15, 0.2) is 0 Å². The number of thioether (sulfide) groups is 2. The number of imide groups is 2. The molecule has 2 aliphatic heterocycles. The summed E-state index contributed by atoms with van der Waals surface area (Å²) in [7, 11) is 0. The smallest absolute Gasteiger partial charge is 0.242 e. The maximum atomic E-state index is 12.7. The van der Waals surface area contributed by atoms with Crippen LogP contribution in [0.3, 0.4) is 0 Å². The summed E-state index contributed by atoms with van der Waals surface area (Å²) in [6.07, 6.45) is 15.8. The average molecular weight is 1710 g/mol. The molecule has 0 aromatic carbocycles. The van der Waals surface area contributed by atoms with Crippen LogP contribution < -0.4 is 26.6 Å². The quantitative estimate of drug-likeness (QED) is 0.0280. The van der Waals surface area contributed by atoms with E-state index >= 15 is 0 Å². The Balaban J connectivity index is 0.00000117. The highest BCUT2D eigenvalue weighted by Gasteiger charge is 2.40. The molecule has 0 aliphatic carbocycles. The van der Waals surface area contributed by atoms with Gasteiger partial charge in [0.25, 0.3) is 0 Å². The van der Waals surface area contributed by atoms with Crippen LogP contribution in [0.5, 0.6) is 0 Å². The molecule has 2 atom stereocenters. The second-order valence-corrected chi connectivity index (χ2v) is 36.6. The standard InChI is InChI=1S/C44H80N4O12S.C41H75N3O11S/c1-43(2,3)16-9-7-8-10-33-61-37-34-41(53)48(42(37)54)20-15-39(51)47-19-22-56-24-26-58-28-30-60-32-31-59-29-27-57-25-23-55-21-18-46-38(50)14-13-36(49)12-11-17-45-40(52)35-44(4,5)6;1-40(2,3)15-9-7-8-10-31-56-35-32-38(48)44(39(35)49)18-13-36(46)43-17-20-51-22-24-53-26-28-55-30-29-54-27-25-52-23-21-50-19-14-34(45)12-11-16-42-37(47)33-41(4,5)6/h37H,7-35H2,1-6H3,(H,45,52)(H,46,50)(H,47,51);35H,7-33H2,1-6H3,(H,42,47)(H,43,46). The van der Waals surface area contributed by atoms with E-state index in [0.29, 0.717) is 247 Å². The van der Waals surface area contributed by atoms with Crippen molar-refractivity contribution in [1.29, 1.82) is 0 Å². The Bertz CT molecular complexity index is 2690. The maximum absolute atomic E-state index is 12.7. The Morgan fingerprint density at radius 3 is 0.855 bits per heavy atom. The van der Waals surface area contributed by atoms with Crippen LogP contribution in [0.1, 0.15) is 231 Å². The van der Waals surface area contributed by atoms with Gasteiger partial charge in [-0.05, 0) is 71.7 Å². The van der Waals surface area contributed by atoms with Gasteiger partial charge >= 0.3 is 0 Å². The Kier molecular flexibility index (Phi) is 65.6. The summed E-state index contributed by atoms with van der Waals surface area (Å²) in [6.45, 7) is 37.5. The monoisotopic (exact) mass is 1710 g/mol. The molecule has 2 aliphatic rings. The molecule has 2 saturated heterocycles. The van der Waals surface area contributed by atoms with E-state index < -0.39 is 0 Å². The molecular weight excluding hydrogens is 1550 g/mol. The Labute approximate surface area is 709 Å². The fraction of sp³-hybridized carbons (Fsp3) is 0.871. The summed E-state index contributed by atoms with van der Waals surface area (Å²) in [5, 5.41) is 13.3. The van der Waals surface area contributed by atoms with Crippen molar-refractivity contribution in [3.63, 3.8) is 0 Å². The van der Waals surface area contributed by atoms with Crippen molar-refractivity contribution < 1.29 is 110 Å². The molecule has 9 amide bonds. The molecule has 680 valence electrons. The average Bonchev–Trinajstić information content (AvgIpc) is 1.70. The second-order valence-electron chi connectivity index (χ2n) is 34.0. The zero-order valence-electron chi connectivity index (χ0n) is 73.9. The highest BCUT2D eigenvalue weighted by Crippen LogP contribution is 2.30. The topological polar surface area (TPSA) is 365 Å². The molecule has 117 heavy (non-hydrogen) atoms. The Morgan fingerprint density at radius 1 is 0.291 bits per heavy atom. The van der Waals surface area contributed by atoms with Gasteiger partial charge in [0.05, 0.1) is 169 Å². The second kappa shape index (κ2) is 69.7. The molecule has 32 heteroatoms. The number of hydrogen-bond acceptors (Lipinski definition) is 25. The molecule has 5 N–H and O–H groups in total. The van der Waals surface area contributed by atoms with E-state index in [-0.39, 0.29) is 138 Å². The van der Waals surface area contributed by atoms with Crippen LogP contribution in [-0.2, 0) is 110 Å². The van der Waals surface area contributed by atoms with Crippen molar-refractivity contribution in [2.75, 3.05) is 216 Å². The third-order valence-corrected chi connectivity index (χ3v) is 20.3. The molecule has 2 rings (SSSR count). The molecule has 0 saturated carbocycles. The summed E-state index contributed by atoms with van der Waals surface area (Å²) in [5.41, 5.74) is 0.613. The molecule has 2 fully saturated rings. The number of nitrogens with zero attached hydrogens (tertiary/aromatic N) is 2. The van der Waals surface area contributed by atoms with E-state index in [1.807, 2.05) is 41.5 Å². The number of carbonyl (C=O) groups is 11. The van der Waals surface area contributed by atoms with Crippen molar-refractivity contribution in [2.45, 2.75) is 241 Å². The largest absolute Gasteiger partial charge is 0.379 e. The SMILES string of the molecule is CC(C)(C)CCCCCCSC1CC(=O)N(CCC(=O)NCCOCCOCCOCCOCCOCCOCCC(=O)CCCNC(=O)CC(C)(C)C)C1=O.CC(C)(C)CCCCCCSC1CC(=O)N(CCC(=O)NCCOCCOCCOCCOCCOCCOCCNC(=O)CCC(=O)CCCNC(=O)CC(C)(C)C)C1=O. The van der Waals surface area contributed by atoms with E-state index in [4.69, 9.17) is 56.8 Å². The van der Waals surface area contributed by atoms with Crippen molar-refractivity contribution in [3.8, 4) is 0 Å². The van der Waals surface area contributed by atoms with Crippen LogP contribution >= 0.6 is 23.5 Å². The minimum atomic E-state index is -0.332. The van der Waals surface area contributed by atoms with Gasteiger partial charge in [0.15, 0.2) is 0 Å². The summed E-state index contributed by atoms with van der Waals surface area (Å²) in [5.74, 6) is 0.488. The molecule has 2 unspecified atom stereocenters. The lowest BCUT2D eigenvalue weighted by molar-refractivity contribution is -0.140. The van der Waals surface area contributed by atoms with Gasteiger partial charge in [-0.2, -0.15) is 0 Å². The molecule has 0 aromatic heterocycles. The highest BCUT2D eigenvalue weighted by molar-refractivity contribution is 8.00. The highest BCUT2D eigenvalue weighted by atomic mass is 32.2. The zero-order chi connectivity index (χ0) is 86.7. The first kappa shape index (κ1) is 110. The first-order valence-electron chi connectivity index (χ1n) is 43.0. The van der Waals surface area contributed by atoms with Crippen molar-refractivity contribution in [1.82, 2.24) is 36.4 Å². The molecular formula is C85H155N7O23S2. The van der Waals surface area contributed by atoms with E-state index in [1.165, 1.54) is 48.3 Å². The van der Waals surface area contributed by atoms with Gasteiger partial charge in [-0.1, -0.05) is 122 Å². The summed E-state index contributed by atoms with van der Waals surface area (Å²) in [4.78, 5) is 137. The fourth-order valence-electron chi connectivity index (χ4n) is 11.4. The lowest BCUT2D eigenvalue weighted by atomic mass is 9.89. The fourth-order valence-corrected chi connectivity index (χ4v) is 13.8. The third-order valence-electron chi connectivity index (χ3n) is 17.7. The van der Waals surface area contributed by atoms with Crippen molar-refractivity contribution in [2.24, 2.45) is 21.7 Å². The predicted octanol–water partition coefficient (Wildman–Crippen LogP) is 8.99. The zero-order valence-corrected chi connectivity index (χ0v) is 75.5. The lowest BCUT2D eigenvalue weighted by Gasteiger charge is -2.17. The van der Waals surface area contributed by atoms with Gasteiger partial charge < -0.3 is 83.4 Å².